The molecule has 0 saturated carbocycles. The van der Waals surface area contributed by atoms with Crippen LogP contribution in [0.4, 0.5) is 0 Å². The first-order chi connectivity index (χ1) is 6.79. The molecule has 1 atom stereocenters. The van der Waals surface area contributed by atoms with Crippen molar-refractivity contribution >= 4 is 0 Å². The zero-order valence-corrected chi connectivity index (χ0v) is 10.4. The summed E-state index contributed by atoms with van der Waals surface area (Å²) < 4.78 is 0. The number of benzene rings is 1. The summed E-state index contributed by atoms with van der Waals surface area (Å²) in [6.45, 7) is 2.26. The van der Waals surface area contributed by atoms with Crippen molar-refractivity contribution in [1.82, 2.24) is 0 Å². The molecule has 2 rings (SSSR count). The van der Waals surface area contributed by atoms with Crippen molar-refractivity contribution in [3.63, 3.8) is 0 Å². The molecule has 0 fully saturated rings. The van der Waals surface area contributed by atoms with Gasteiger partial charge in [0.15, 0.2) is 0 Å². The fraction of sp³-hybridized carbons (Fsp3) is 0.231. The van der Waals surface area contributed by atoms with Gasteiger partial charge in [-0.05, 0) is 24.6 Å². The predicted molar refractivity (Wildman–Crippen MR) is 58.8 cm³/mol. The van der Waals surface area contributed by atoms with E-state index in [1.165, 1.54) is 5.56 Å². The first kappa shape index (κ1) is 12.2. The van der Waals surface area contributed by atoms with Crippen LogP contribution >= 0.6 is 0 Å². The second-order valence-electron chi connectivity index (χ2n) is 4.08. The monoisotopic (exact) mass is 265 g/mol. The van der Waals surface area contributed by atoms with E-state index in [9.17, 15) is 0 Å². The van der Waals surface area contributed by atoms with Crippen LogP contribution in [0.15, 0.2) is 54.8 Å². The van der Waals surface area contributed by atoms with Gasteiger partial charge in [-0.25, -0.2) is 0 Å². The molecule has 0 aromatic heterocycles. The molecule has 1 aromatic rings. The Morgan fingerprint density at radius 3 is 2.47 bits per heavy atom. The Balaban J connectivity index is 0.00000112. The zero-order valence-electron chi connectivity index (χ0n) is 8.86. The van der Waals surface area contributed by atoms with Gasteiger partial charge in [-0.3, -0.25) is 0 Å². The van der Waals surface area contributed by atoms with Crippen LogP contribution in [0.25, 0.3) is 0 Å². The highest BCUT2D eigenvalue weighted by molar-refractivity contribution is 5.21. The molecule has 0 bridgehead atoms. The van der Waals surface area contributed by atoms with Gasteiger partial charge < -0.3 is 22.3 Å². The quantitative estimate of drug-likeness (QED) is 0.681. The third-order valence-corrected chi connectivity index (χ3v) is 2.60. The molecule has 0 spiro atoms. The van der Waals surface area contributed by atoms with Crippen molar-refractivity contribution in [2.24, 2.45) is 0 Å². The summed E-state index contributed by atoms with van der Waals surface area (Å²) >= 11 is 0. The fourth-order valence-electron chi connectivity index (χ4n) is 1.82. The van der Waals surface area contributed by atoms with E-state index in [0.717, 1.165) is 6.42 Å². The summed E-state index contributed by atoms with van der Waals surface area (Å²) in [6.07, 6.45) is 9.67. The summed E-state index contributed by atoms with van der Waals surface area (Å²) in [5.41, 5.74) is 1.59. The van der Waals surface area contributed by atoms with Gasteiger partial charge in [0.1, 0.15) is 5.54 Å². The molecule has 2 heteroatoms. The van der Waals surface area contributed by atoms with Gasteiger partial charge in [-0.1, -0.05) is 36.4 Å². The van der Waals surface area contributed by atoms with Crippen molar-refractivity contribution < 1.29 is 22.3 Å². The molecular weight excluding hydrogens is 250 g/mol. The van der Waals surface area contributed by atoms with Gasteiger partial charge in [-0.15, -0.1) is 0 Å². The van der Waals surface area contributed by atoms with E-state index in [-0.39, 0.29) is 22.5 Å². The van der Waals surface area contributed by atoms with Gasteiger partial charge in [0.05, 0.1) is 6.20 Å². The molecule has 80 valence electrons. The Morgan fingerprint density at radius 2 is 1.87 bits per heavy atom. The number of nitrogens with two attached hydrogens (primary N) is 1. The number of rotatable bonds is 2. The average molecular weight is 266 g/mol. The van der Waals surface area contributed by atoms with Crippen LogP contribution in [0.2, 0.25) is 0 Å². The van der Waals surface area contributed by atoms with Gasteiger partial charge in [0.2, 0.25) is 0 Å². The summed E-state index contributed by atoms with van der Waals surface area (Å²) in [5, 5.41) is 2.26. The van der Waals surface area contributed by atoms with Crippen molar-refractivity contribution in [2.75, 3.05) is 0 Å². The molecule has 1 nitrogen and oxygen atoms in total. The molecule has 1 aliphatic rings. The van der Waals surface area contributed by atoms with E-state index in [0.29, 0.717) is 0 Å². The van der Waals surface area contributed by atoms with Gasteiger partial charge >= 0.3 is 0 Å². The maximum atomic E-state index is 2.26. The molecular formula is C13H16BrN. The molecule has 15 heavy (non-hydrogen) atoms. The van der Waals surface area contributed by atoms with Crippen molar-refractivity contribution in [3.05, 3.63) is 60.3 Å². The Kier molecular flexibility index (Phi) is 4.30. The highest BCUT2D eigenvalue weighted by Crippen LogP contribution is 2.12. The van der Waals surface area contributed by atoms with Gasteiger partial charge in [0, 0.05) is 6.42 Å². The summed E-state index contributed by atoms with van der Waals surface area (Å²) in [6, 6.07) is 10.6. The highest BCUT2D eigenvalue weighted by Gasteiger charge is 2.24. The third-order valence-electron chi connectivity index (χ3n) is 2.60. The number of hydrogen-bond donors (Lipinski definition) is 1. The molecule has 0 amide bonds. The third kappa shape index (κ3) is 3.33. The van der Waals surface area contributed by atoms with Gasteiger partial charge in [-0.2, -0.15) is 0 Å². The molecule has 0 aliphatic carbocycles. The SMILES string of the molecule is CC1(Cc2ccccc2)C=CC=C[NH2+]1.[Br-]. The second kappa shape index (κ2) is 5.29. The van der Waals surface area contributed by atoms with E-state index in [1.807, 2.05) is 0 Å². The molecule has 0 radical (unpaired) electrons. The summed E-state index contributed by atoms with van der Waals surface area (Å²) in [5.74, 6) is 0. The molecule has 1 aliphatic heterocycles. The smallest absolute Gasteiger partial charge is 0.120 e. The van der Waals surface area contributed by atoms with Crippen LogP contribution in [0.3, 0.4) is 0 Å². The zero-order chi connectivity index (χ0) is 9.86. The topological polar surface area (TPSA) is 16.6 Å². The Hall–Kier alpha value is -0.860. The number of hydrogen-bond acceptors (Lipinski definition) is 0. The van der Waals surface area contributed by atoms with E-state index >= 15 is 0 Å². The van der Waals surface area contributed by atoms with Crippen LogP contribution < -0.4 is 22.3 Å². The van der Waals surface area contributed by atoms with Crippen molar-refractivity contribution in [3.8, 4) is 0 Å². The van der Waals surface area contributed by atoms with Crippen LogP contribution in [0.1, 0.15) is 12.5 Å². The Morgan fingerprint density at radius 1 is 1.13 bits per heavy atom. The van der Waals surface area contributed by atoms with Crippen molar-refractivity contribution in [1.29, 1.82) is 0 Å². The Bertz CT molecular complexity index is 356. The van der Waals surface area contributed by atoms with Crippen LogP contribution in [0.5, 0.6) is 0 Å². The average Bonchev–Trinajstić information content (AvgIpc) is 2.19. The first-order valence-electron chi connectivity index (χ1n) is 5.03. The molecule has 1 heterocycles. The highest BCUT2D eigenvalue weighted by atomic mass is 79.9. The number of halogens is 1. The van der Waals surface area contributed by atoms with E-state index in [1.54, 1.807) is 0 Å². The lowest BCUT2D eigenvalue weighted by Crippen LogP contribution is -3.00. The van der Waals surface area contributed by atoms with Crippen LogP contribution in [-0.2, 0) is 6.42 Å². The number of allylic oxidation sites excluding steroid dienone is 2. The fourth-order valence-corrected chi connectivity index (χ4v) is 1.82. The molecule has 0 saturated heterocycles. The largest absolute Gasteiger partial charge is 1.00 e. The minimum absolute atomic E-state index is 0. The lowest BCUT2D eigenvalue weighted by molar-refractivity contribution is -0.653. The first-order valence-corrected chi connectivity index (χ1v) is 5.03. The van der Waals surface area contributed by atoms with Gasteiger partial charge in [0.25, 0.3) is 0 Å². The normalized spacial score (nSPS) is 23.5. The maximum Gasteiger partial charge on any atom is 0.120 e. The Labute approximate surface area is 102 Å². The minimum Gasteiger partial charge on any atom is -1.00 e. The van der Waals surface area contributed by atoms with E-state index in [4.69, 9.17) is 0 Å². The summed E-state index contributed by atoms with van der Waals surface area (Å²) in [4.78, 5) is 0. The summed E-state index contributed by atoms with van der Waals surface area (Å²) in [7, 11) is 0. The standard InChI is InChI=1S/C13H15N.BrH/c1-13(9-5-6-10-14-13)11-12-7-3-2-4-8-12;/h2-10,14H,11H2,1H3;1H. The van der Waals surface area contributed by atoms with E-state index < -0.39 is 0 Å². The molecule has 1 aromatic carbocycles. The van der Waals surface area contributed by atoms with Crippen LogP contribution in [-0.4, -0.2) is 5.54 Å². The minimum atomic E-state index is 0. The van der Waals surface area contributed by atoms with Crippen molar-refractivity contribution in [2.45, 2.75) is 18.9 Å². The lowest BCUT2D eigenvalue weighted by atomic mass is 9.91. The predicted octanol–water partition coefficient (Wildman–Crippen LogP) is -1.36. The van der Waals surface area contributed by atoms with E-state index in [2.05, 4.69) is 67.0 Å². The number of quaternary nitrogens is 1. The molecule has 2 N–H and O–H groups in total. The second-order valence-corrected chi connectivity index (χ2v) is 4.08. The van der Waals surface area contributed by atoms with Crippen LogP contribution in [0, 0.1) is 0 Å². The molecule has 1 unspecified atom stereocenters. The maximum absolute atomic E-state index is 2.26. The lowest BCUT2D eigenvalue weighted by Gasteiger charge is -2.23.